The molecule has 0 aliphatic rings. The number of aryl methyl sites for hydroxylation is 1. The van der Waals surface area contributed by atoms with Crippen LogP contribution in [0, 0.1) is 18.7 Å². The van der Waals surface area contributed by atoms with Gasteiger partial charge in [0.2, 0.25) is 11.8 Å². The predicted octanol–water partition coefficient (Wildman–Crippen LogP) is 3.87. The molecular weight excluding hydrogens is 355 g/mol. The maximum atomic E-state index is 14.2. The summed E-state index contributed by atoms with van der Waals surface area (Å²) in [7, 11) is 0. The first-order chi connectivity index (χ1) is 13.3. The maximum absolute atomic E-state index is 14.2. The molecule has 0 spiro atoms. The molecule has 0 aromatic heterocycles. The molecular formula is C23H29FN2O2. The van der Waals surface area contributed by atoms with E-state index in [1.807, 2.05) is 45.0 Å². The minimum atomic E-state index is -0.698. The Morgan fingerprint density at radius 3 is 2.29 bits per heavy atom. The molecule has 2 rings (SSSR count). The van der Waals surface area contributed by atoms with Gasteiger partial charge in [-0.15, -0.1) is 0 Å². The predicted molar refractivity (Wildman–Crippen MR) is 109 cm³/mol. The Morgan fingerprint density at radius 1 is 1.04 bits per heavy atom. The van der Waals surface area contributed by atoms with Crippen LogP contribution in [0.3, 0.4) is 0 Å². The second-order valence-corrected chi connectivity index (χ2v) is 7.59. The lowest BCUT2D eigenvalue weighted by Crippen LogP contribution is -2.48. The van der Waals surface area contributed by atoms with Gasteiger partial charge >= 0.3 is 0 Å². The highest BCUT2D eigenvalue weighted by Gasteiger charge is 2.26. The first-order valence-corrected chi connectivity index (χ1v) is 9.64. The van der Waals surface area contributed by atoms with Crippen molar-refractivity contribution in [2.24, 2.45) is 5.92 Å². The van der Waals surface area contributed by atoms with Gasteiger partial charge in [0.25, 0.3) is 0 Å². The van der Waals surface area contributed by atoms with Crippen LogP contribution in [0.5, 0.6) is 0 Å². The van der Waals surface area contributed by atoms with Crippen molar-refractivity contribution in [1.29, 1.82) is 0 Å². The molecule has 0 saturated heterocycles. The van der Waals surface area contributed by atoms with Crippen LogP contribution in [0.2, 0.25) is 0 Å². The Hall–Kier alpha value is -2.69. The largest absolute Gasteiger partial charge is 0.354 e. The Kier molecular flexibility index (Phi) is 7.73. The number of hydrogen-bond acceptors (Lipinski definition) is 2. The minimum Gasteiger partial charge on any atom is -0.354 e. The van der Waals surface area contributed by atoms with Crippen LogP contribution >= 0.6 is 0 Å². The van der Waals surface area contributed by atoms with Gasteiger partial charge in [-0.1, -0.05) is 61.9 Å². The highest BCUT2D eigenvalue weighted by molar-refractivity contribution is 5.88. The fraction of sp³-hybridized carbons (Fsp3) is 0.391. The third kappa shape index (κ3) is 6.19. The number of halogens is 1. The van der Waals surface area contributed by atoms with Crippen LogP contribution in [0.15, 0.2) is 48.5 Å². The van der Waals surface area contributed by atoms with Crippen LogP contribution < -0.4 is 5.32 Å². The lowest BCUT2D eigenvalue weighted by Gasteiger charge is -2.29. The SMILES string of the molecule is Cc1ccc(CC(=O)N(Cc2ccccc2F)[C@@H](C)C(=O)NCC(C)C)cc1. The number of carbonyl (C=O) groups excluding carboxylic acids is 2. The molecule has 0 bridgehead atoms. The molecule has 5 heteroatoms. The van der Waals surface area contributed by atoms with Crippen molar-refractivity contribution in [2.45, 2.75) is 46.7 Å². The third-order valence-corrected chi connectivity index (χ3v) is 4.63. The lowest BCUT2D eigenvalue weighted by molar-refractivity contribution is -0.140. The summed E-state index contributed by atoms with van der Waals surface area (Å²) in [5.41, 5.74) is 2.37. The van der Waals surface area contributed by atoms with Gasteiger partial charge < -0.3 is 10.2 Å². The zero-order chi connectivity index (χ0) is 20.7. The molecule has 0 aliphatic carbocycles. The molecule has 2 aromatic carbocycles. The smallest absolute Gasteiger partial charge is 0.242 e. The van der Waals surface area contributed by atoms with Crippen molar-refractivity contribution in [2.75, 3.05) is 6.54 Å². The number of nitrogens with one attached hydrogen (secondary N) is 1. The molecule has 0 radical (unpaired) electrons. The number of rotatable bonds is 8. The Labute approximate surface area is 166 Å². The summed E-state index contributed by atoms with van der Waals surface area (Å²) in [6.45, 7) is 8.26. The highest BCUT2D eigenvalue weighted by atomic mass is 19.1. The van der Waals surface area contributed by atoms with Gasteiger partial charge in [-0.3, -0.25) is 9.59 Å². The summed E-state index contributed by atoms with van der Waals surface area (Å²) in [5.74, 6) is -0.522. The molecule has 0 fully saturated rings. The molecule has 0 aliphatic heterocycles. The number of nitrogens with zero attached hydrogens (tertiary/aromatic N) is 1. The van der Waals surface area contributed by atoms with Gasteiger partial charge in [0.05, 0.1) is 6.42 Å². The standard InChI is InChI=1S/C23H29FN2O2/c1-16(2)14-25-23(28)18(4)26(15-20-7-5-6-8-21(20)24)22(27)13-19-11-9-17(3)10-12-19/h5-12,16,18H,13-15H2,1-4H3,(H,25,28)/t18-/m0/s1. The Balaban J connectivity index is 2.21. The lowest BCUT2D eigenvalue weighted by atomic mass is 10.1. The molecule has 2 amide bonds. The molecule has 0 unspecified atom stereocenters. The summed E-state index contributed by atoms with van der Waals surface area (Å²) >= 11 is 0. The van der Waals surface area contributed by atoms with E-state index in [0.29, 0.717) is 18.0 Å². The van der Waals surface area contributed by atoms with Crippen LogP contribution in [0.25, 0.3) is 0 Å². The minimum absolute atomic E-state index is 0.0492. The van der Waals surface area contributed by atoms with Crippen LogP contribution in [-0.2, 0) is 22.6 Å². The second kappa shape index (κ2) is 10.0. The van der Waals surface area contributed by atoms with Crippen LogP contribution in [0.4, 0.5) is 4.39 Å². The van der Waals surface area contributed by atoms with Gasteiger partial charge in [-0.25, -0.2) is 4.39 Å². The normalized spacial score (nSPS) is 11.9. The van der Waals surface area contributed by atoms with Gasteiger partial charge in [-0.2, -0.15) is 0 Å². The van der Waals surface area contributed by atoms with Crippen molar-refractivity contribution < 1.29 is 14.0 Å². The van der Waals surface area contributed by atoms with Gasteiger partial charge in [-0.05, 0) is 31.4 Å². The maximum Gasteiger partial charge on any atom is 0.242 e. The number of amides is 2. The van der Waals surface area contributed by atoms with Crippen molar-refractivity contribution in [3.8, 4) is 0 Å². The number of carbonyl (C=O) groups is 2. The molecule has 2 aromatic rings. The summed E-state index contributed by atoms with van der Waals surface area (Å²) in [4.78, 5) is 27.0. The third-order valence-electron chi connectivity index (χ3n) is 4.63. The van der Waals surface area contributed by atoms with Crippen molar-refractivity contribution >= 4 is 11.8 Å². The van der Waals surface area contributed by atoms with Crippen LogP contribution in [-0.4, -0.2) is 29.3 Å². The summed E-state index contributed by atoms with van der Waals surface area (Å²) in [6, 6.07) is 13.3. The molecule has 1 N–H and O–H groups in total. The van der Waals surface area contributed by atoms with Gasteiger partial charge in [0, 0.05) is 18.7 Å². The molecule has 0 saturated carbocycles. The number of benzene rings is 2. The summed E-state index contributed by atoms with van der Waals surface area (Å²) < 4.78 is 14.2. The summed E-state index contributed by atoms with van der Waals surface area (Å²) in [5, 5.41) is 2.86. The van der Waals surface area contributed by atoms with Crippen LogP contribution in [0.1, 0.15) is 37.5 Å². The fourth-order valence-corrected chi connectivity index (χ4v) is 2.83. The van der Waals surface area contributed by atoms with Gasteiger partial charge in [0.15, 0.2) is 0 Å². The molecule has 150 valence electrons. The van der Waals surface area contributed by atoms with E-state index < -0.39 is 6.04 Å². The Bertz CT molecular complexity index is 803. The Morgan fingerprint density at radius 2 is 1.68 bits per heavy atom. The van der Waals surface area contributed by atoms with Crippen molar-refractivity contribution in [3.05, 3.63) is 71.0 Å². The van der Waals surface area contributed by atoms with E-state index in [2.05, 4.69) is 5.32 Å². The van der Waals surface area contributed by atoms with Crippen molar-refractivity contribution in [3.63, 3.8) is 0 Å². The first-order valence-electron chi connectivity index (χ1n) is 9.64. The van der Waals surface area contributed by atoms with E-state index in [9.17, 15) is 14.0 Å². The first kappa shape index (κ1) is 21.6. The highest BCUT2D eigenvalue weighted by Crippen LogP contribution is 2.15. The molecule has 0 heterocycles. The average molecular weight is 384 g/mol. The van der Waals surface area contributed by atoms with Crippen molar-refractivity contribution in [1.82, 2.24) is 10.2 Å². The monoisotopic (exact) mass is 384 g/mol. The second-order valence-electron chi connectivity index (χ2n) is 7.59. The van der Waals surface area contributed by atoms with E-state index in [0.717, 1.165) is 11.1 Å². The van der Waals surface area contributed by atoms with E-state index in [4.69, 9.17) is 0 Å². The van der Waals surface area contributed by atoms with E-state index in [1.54, 1.807) is 25.1 Å². The molecule has 1 atom stereocenters. The average Bonchev–Trinajstić information content (AvgIpc) is 2.66. The topological polar surface area (TPSA) is 49.4 Å². The van der Waals surface area contributed by atoms with E-state index >= 15 is 0 Å². The fourth-order valence-electron chi connectivity index (χ4n) is 2.83. The number of hydrogen-bond donors (Lipinski definition) is 1. The van der Waals surface area contributed by atoms with Gasteiger partial charge in [0.1, 0.15) is 11.9 Å². The van der Waals surface area contributed by atoms with E-state index in [1.165, 1.54) is 11.0 Å². The molecule has 4 nitrogen and oxygen atoms in total. The summed E-state index contributed by atoms with van der Waals surface area (Å²) in [6.07, 6.45) is 0.163. The zero-order valence-electron chi connectivity index (χ0n) is 17.0. The quantitative estimate of drug-likeness (QED) is 0.751. The van der Waals surface area contributed by atoms with E-state index in [-0.39, 0.29) is 30.6 Å². The zero-order valence-corrected chi connectivity index (χ0v) is 17.0. The molecule has 28 heavy (non-hydrogen) atoms.